The van der Waals surface area contributed by atoms with Crippen LogP contribution in [0.5, 0.6) is 0 Å². The van der Waals surface area contributed by atoms with E-state index in [9.17, 15) is 14.7 Å². The predicted octanol–water partition coefficient (Wildman–Crippen LogP) is 1.06. The van der Waals surface area contributed by atoms with Crippen LogP contribution in [-0.2, 0) is 9.53 Å². The van der Waals surface area contributed by atoms with Gasteiger partial charge in [0.15, 0.2) is 0 Å². The van der Waals surface area contributed by atoms with E-state index in [0.29, 0.717) is 31.8 Å². The Bertz CT molecular complexity index is 347. The maximum Gasteiger partial charge on any atom is 0.329 e. The summed E-state index contributed by atoms with van der Waals surface area (Å²) in [5.74, 6) is -0.410. The number of nitrogens with one attached hydrogen (secondary N) is 1. The number of carbonyl (C=O) groups excluding carboxylic acids is 1. The number of nitrogens with zero attached hydrogens (tertiary/aromatic N) is 1. The average Bonchev–Trinajstić information content (AvgIpc) is 2.34. The second-order valence-electron chi connectivity index (χ2n) is 5.56. The Morgan fingerprint density at radius 2 is 2.00 bits per heavy atom. The van der Waals surface area contributed by atoms with Gasteiger partial charge in [-0.3, -0.25) is 0 Å². The number of carboxylic acid groups (broad SMARTS) is 1. The molecule has 0 atom stereocenters. The topological polar surface area (TPSA) is 78.9 Å². The lowest BCUT2D eigenvalue weighted by molar-refractivity contribution is -0.148. The number of likely N-dealkylation sites (tertiary alicyclic amines) is 1. The van der Waals surface area contributed by atoms with Crippen LogP contribution in [0.2, 0.25) is 0 Å². The van der Waals surface area contributed by atoms with Crippen LogP contribution in [0.3, 0.4) is 0 Å². The number of aliphatic carboxylic acids is 1. The maximum absolute atomic E-state index is 12.1. The van der Waals surface area contributed by atoms with Crippen molar-refractivity contribution in [1.82, 2.24) is 10.2 Å². The van der Waals surface area contributed by atoms with Gasteiger partial charge in [-0.2, -0.15) is 0 Å². The Labute approximate surface area is 113 Å². The van der Waals surface area contributed by atoms with Gasteiger partial charge in [0.1, 0.15) is 5.54 Å². The van der Waals surface area contributed by atoms with Crippen LogP contribution in [0, 0.1) is 5.92 Å². The van der Waals surface area contributed by atoms with Crippen molar-refractivity contribution in [2.75, 3.05) is 26.8 Å². The molecule has 2 amide bonds. The minimum Gasteiger partial charge on any atom is -0.480 e. The predicted molar refractivity (Wildman–Crippen MR) is 68.9 cm³/mol. The molecule has 0 aromatic carbocycles. The van der Waals surface area contributed by atoms with Gasteiger partial charge in [0.25, 0.3) is 0 Å². The maximum atomic E-state index is 12.1. The summed E-state index contributed by atoms with van der Waals surface area (Å²) in [4.78, 5) is 25.0. The van der Waals surface area contributed by atoms with E-state index in [2.05, 4.69) is 5.32 Å². The highest BCUT2D eigenvalue weighted by Crippen LogP contribution is 2.32. The molecule has 1 saturated heterocycles. The third kappa shape index (κ3) is 3.00. The summed E-state index contributed by atoms with van der Waals surface area (Å²) in [6, 6.07) is -0.238. The first-order chi connectivity index (χ1) is 9.07. The quantitative estimate of drug-likeness (QED) is 0.800. The highest BCUT2D eigenvalue weighted by atomic mass is 16.5. The first kappa shape index (κ1) is 14.1. The third-order valence-corrected chi connectivity index (χ3v) is 4.27. The average molecular weight is 270 g/mol. The van der Waals surface area contributed by atoms with Crippen molar-refractivity contribution in [3.05, 3.63) is 0 Å². The zero-order valence-corrected chi connectivity index (χ0v) is 11.4. The van der Waals surface area contributed by atoms with Gasteiger partial charge in [-0.05, 0) is 38.0 Å². The molecule has 1 aliphatic carbocycles. The first-order valence-corrected chi connectivity index (χ1v) is 6.87. The van der Waals surface area contributed by atoms with Crippen molar-refractivity contribution >= 4 is 12.0 Å². The van der Waals surface area contributed by atoms with E-state index in [0.717, 1.165) is 25.9 Å². The summed E-state index contributed by atoms with van der Waals surface area (Å²) in [5.41, 5.74) is -1.01. The lowest BCUT2D eigenvalue weighted by Crippen LogP contribution is -2.62. The summed E-state index contributed by atoms with van der Waals surface area (Å²) in [6.07, 6.45) is 3.77. The monoisotopic (exact) mass is 270 g/mol. The number of rotatable bonds is 4. The zero-order valence-electron chi connectivity index (χ0n) is 11.4. The van der Waals surface area contributed by atoms with Crippen molar-refractivity contribution in [1.29, 1.82) is 0 Å². The lowest BCUT2D eigenvalue weighted by Gasteiger charge is -2.41. The Morgan fingerprint density at radius 3 is 2.42 bits per heavy atom. The molecule has 2 N–H and O–H groups in total. The summed E-state index contributed by atoms with van der Waals surface area (Å²) in [5, 5.41) is 11.9. The Morgan fingerprint density at radius 1 is 1.37 bits per heavy atom. The minimum atomic E-state index is -1.01. The molecule has 1 aliphatic heterocycles. The number of urea groups is 1. The van der Waals surface area contributed by atoms with Gasteiger partial charge < -0.3 is 20.1 Å². The molecule has 0 spiro atoms. The Balaban J connectivity index is 1.83. The molecule has 0 aromatic rings. The largest absolute Gasteiger partial charge is 0.480 e. The fraction of sp³-hybridized carbons (Fsp3) is 0.846. The fourth-order valence-corrected chi connectivity index (χ4v) is 2.74. The molecule has 6 heteroatoms. The van der Waals surface area contributed by atoms with Crippen LogP contribution in [0.25, 0.3) is 0 Å². The van der Waals surface area contributed by atoms with E-state index in [1.807, 2.05) is 0 Å². The lowest BCUT2D eigenvalue weighted by atomic mass is 9.77. The molecule has 0 unspecified atom stereocenters. The number of methoxy groups -OCH3 is 1. The third-order valence-electron chi connectivity index (χ3n) is 4.27. The SMILES string of the molecule is COCC1CCN(C(=O)NC2(C(=O)O)CCC2)CC1. The number of hydrogen-bond acceptors (Lipinski definition) is 3. The second-order valence-corrected chi connectivity index (χ2v) is 5.56. The smallest absolute Gasteiger partial charge is 0.329 e. The standard InChI is InChI=1S/C13H22N2O4/c1-19-9-10-3-7-15(8-4-10)12(18)14-13(11(16)17)5-2-6-13/h10H,2-9H2,1H3,(H,14,18)(H,16,17). The van der Waals surface area contributed by atoms with Crippen LogP contribution >= 0.6 is 0 Å². The summed E-state index contributed by atoms with van der Waals surface area (Å²) >= 11 is 0. The number of ether oxygens (including phenoxy) is 1. The minimum absolute atomic E-state index is 0.238. The molecule has 1 saturated carbocycles. The van der Waals surface area contributed by atoms with Gasteiger partial charge in [0, 0.05) is 26.8 Å². The first-order valence-electron chi connectivity index (χ1n) is 6.87. The number of hydrogen-bond donors (Lipinski definition) is 2. The van der Waals surface area contributed by atoms with E-state index < -0.39 is 11.5 Å². The Kier molecular flexibility index (Phi) is 4.29. The highest BCUT2D eigenvalue weighted by molar-refractivity contribution is 5.87. The zero-order chi connectivity index (χ0) is 13.9. The number of carbonyl (C=O) groups is 2. The molecule has 0 radical (unpaired) electrons. The normalized spacial score (nSPS) is 22.7. The Hall–Kier alpha value is -1.30. The van der Waals surface area contributed by atoms with Crippen LogP contribution < -0.4 is 5.32 Å². The van der Waals surface area contributed by atoms with Gasteiger partial charge in [0.2, 0.25) is 0 Å². The van der Waals surface area contributed by atoms with Gasteiger partial charge in [-0.1, -0.05) is 0 Å². The van der Waals surface area contributed by atoms with Crippen molar-refractivity contribution in [3.8, 4) is 0 Å². The second kappa shape index (κ2) is 5.77. The van der Waals surface area contributed by atoms with Crippen LogP contribution in [-0.4, -0.2) is 54.4 Å². The molecule has 2 aliphatic rings. The van der Waals surface area contributed by atoms with Crippen LogP contribution in [0.4, 0.5) is 4.79 Å². The highest BCUT2D eigenvalue weighted by Gasteiger charge is 2.46. The van der Waals surface area contributed by atoms with Gasteiger partial charge in [-0.15, -0.1) is 0 Å². The van der Waals surface area contributed by atoms with E-state index >= 15 is 0 Å². The van der Waals surface area contributed by atoms with Crippen molar-refractivity contribution in [2.45, 2.75) is 37.6 Å². The van der Waals surface area contributed by atoms with Crippen LogP contribution in [0.1, 0.15) is 32.1 Å². The van der Waals surface area contributed by atoms with E-state index in [-0.39, 0.29) is 6.03 Å². The van der Waals surface area contributed by atoms with Gasteiger partial charge >= 0.3 is 12.0 Å². The molecular weight excluding hydrogens is 248 g/mol. The molecule has 6 nitrogen and oxygen atoms in total. The van der Waals surface area contributed by atoms with Gasteiger partial charge in [0.05, 0.1) is 0 Å². The molecule has 2 rings (SSSR count). The fourth-order valence-electron chi connectivity index (χ4n) is 2.74. The van der Waals surface area contributed by atoms with Crippen molar-refractivity contribution in [2.24, 2.45) is 5.92 Å². The number of amides is 2. The molecule has 108 valence electrons. The van der Waals surface area contributed by atoms with Crippen molar-refractivity contribution < 1.29 is 19.4 Å². The molecule has 1 heterocycles. The molecule has 2 fully saturated rings. The molecule has 0 aromatic heterocycles. The van der Waals surface area contributed by atoms with Crippen molar-refractivity contribution in [3.63, 3.8) is 0 Å². The van der Waals surface area contributed by atoms with E-state index in [1.54, 1.807) is 12.0 Å². The number of carboxylic acids is 1. The molecule has 19 heavy (non-hydrogen) atoms. The summed E-state index contributed by atoms with van der Waals surface area (Å²) in [6.45, 7) is 2.08. The van der Waals surface area contributed by atoms with Gasteiger partial charge in [-0.25, -0.2) is 9.59 Å². The summed E-state index contributed by atoms with van der Waals surface area (Å²) in [7, 11) is 1.69. The van der Waals surface area contributed by atoms with E-state index in [4.69, 9.17) is 4.74 Å². The van der Waals surface area contributed by atoms with E-state index in [1.165, 1.54) is 0 Å². The van der Waals surface area contributed by atoms with Crippen LogP contribution in [0.15, 0.2) is 0 Å². The molecular formula is C13H22N2O4. The number of piperidine rings is 1. The summed E-state index contributed by atoms with van der Waals surface area (Å²) < 4.78 is 5.12. The molecule has 0 bridgehead atoms.